The third-order valence-electron chi connectivity index (χ3n) is 3.95. The standard InChI is InChI=1S/C16H19N3O4/c1-12-17-9-16(19(20)21)18(12)10-13-4-6-14(7-5-13)23-11-15-3-2-8-22-15/h4-7,9,15H,2-3,8,10-11H2,1H3/t15-/m1/s1. The summed E-state index contributed by atoms with van der Waals surface area (Å²) in [5, 5.41) is 11.0. The molecule has 2 heterocycles. The molecule has 0 saturated carbocycles. The van der Waals surface area contributed by atoms with Crippen molar-refractivity contribution >= 4 is 5.82 Å². The van der Waals surface area contributed by atoms with E-state index in [0.717, 1.165) is 30.8 Å². The highest BCUT2D eigenvalue weighted by Gasteiger charge is 2.18. The summed E-state index contributed by atoms with van der Waals surface area (Å²) in [6.07, 6.45) is 3.61. The van der Waals surface area contributed by atoms with E-state index >= 15 is 0 Å². The van der Waals surface area contributed by atoms with Gasteiger partial charge in [0.15, 0.2) is 5.82 Å². The molecular weight excluding hydrogens is 298 g/mol. The molecule has 1 aromatic carbocycles. The van der Waals surface area contributed by atoms with E-state index in [2.05, 4.69) is 4.98 Å². The van der Waals surface area contributed by atoms with Gasteiger partial charge in [0.2, 0.25) is 0 Å². The lowest BCUT2D eigenvalue weighted by Crippen LogP contribution is -2.16. The van der Waals surface area contributed by atoms with Gasteiger partial charge in [0.25, 0.3) is 0 Å². The van der Waals surface area contributed by atoms with Crippen molar-refractivity contribution in [3.63, 3.8) is 0 Å². The minimum absolute atomic E-state index is 0.00112. The smallest absolute Gasteiger partial charge is 0.343 e. The van der Waals surface area contributed by atoms with E-state index in [0.29, 0.717) is 19.0 Å². The highest BCUT2D eigenvalue weighted by atomic mass is 16.6. The predicted molar refractivity (Wildman–Crippen MR) is 83.6 cm³/mol. The number of hydrogen-bond acceptors (Lipinski definition) is 5. The van der Waals surface area contributed by atoms with Crippen LogP contribution in [0.25, 0.3) is 0 Å². The number of hydrogen-bond donors (Lipinski definition) is 0. The van der Waals surface area contributed by atoms with Crippen molar-refractivity contribution in [2.75, 3.05) is 13.2 Å². The highest BCUT2D eigenvalue weighted by Crippen LogP contribution is 2.19. The average molecular weight is 317 g/mol. The van der Waals surface area contributed by atoms with Gasteiger partial charge in [0.1, 0.15) is 25.1 Å². The molecule has 0 aliphatic carbocycles. The van der Waals surface area contributed by atoms with Crippen LogP contribution in [0.1, 0.15) is 24.2 Å². The summed E-state index contributed by atoms with van der Waals surface area (Å²) in [5.41, 5.74) is 0.957. The van der Waals surface area contributed by atoms with Crippen molar-refractivity contribution in [3.8, 4) is 5.75 Å². The Hall–Kier alpha value is -2.41. The van der Waals surface area contributed by atoms with E-state index in [9.17, 15) is 10.1 Å². The van der Waals surface area contributed by atoms with Gasteiger partial charge in [0, 0.05) is 13.5 Å². The van der Waals surface area contributed by atoms with Gasteiger partial charge in [-0.05, 0) is 35.5 Å². The topological polar surface area (TPSA) is 79.4 Å². The molecule has 3 rings (SSSR count). The molecule has 1 atom stereocenters. The molecule has 0 amide bonds. The summed E-state index contributed by atoms with van der Waals surface area (Å²) in [6, 6.07) is 7.58. The number of nitrogens with zero attached hydrogens (tertiary/aromatic N) is 3. The molecular formula is C16H19N3O4. The number of ether oxygens (including phenoxy) is 2. The van der Waals surface area contributed by atoms with E-state index in [1.54, 1.807) is 11.5 Å². The van der Waals surface area contributed by atoms with E-state index in [1.165, 1.54) is 6.20 Å². The maximum atomic E-state index is 11.0. The van der Waals surface area contributed by atoms with Crippen LogP contribution in [-0.4, -0.2) is 33.8 Å². The van der Waals surface area contributed by atoms with Crippen molar-refractivity contribution in [1.82, 2.24) is 9.55 Å². The highest BCUT2D eigenvalue weighted by molar-refractivity contribution is 5.29. The molecule has 2 aromatic rings. The first-order valence-electron chi connectivity index (χ1n) is 7.63. The lowest BCUT2D eigenvalue weighted by molar-refractivity contribution is -0.392. The van der Waals surface area contributed by atoms with Crippen molar-refractivity contribution in [2.45, 2.75) is 32.4 Å². The number of nitro groups is 1. The zero-order valence-electron chi connectivity index (χ0n) is 13.0. The largest absolute Gasteiger partial charge is 0.491 e. The van der Waals surface area contributed by atoms with E-state index in [1.807, 2.05) is 24.3 Å². The summed E-state index contributed by atoms with van der Waals surface area (Å²) >= 11 is 0. The van der Waals surface area contributed by atoms with Crippen LogP contribution in [-0.2, 0) is 11.3 Å². The number of aromatic nitrogens is 2. The first kappa shape index (κ1) is 15.5. The average Bonchev–Trinajstić information content (AvgIpc) is 3.17. The van der Waals surface area contributed by atoms with Gasteiger partial charge in [-0.25, -0.2) is 9.55 Å². The monoisotopic (exact) mass is 317 g/mol. The van der Waals surface area contributed by atoms with Gasteiger partial charge in [-0.1, -0.05) is 12.1 Å². The second-order valence-corrected chi connectivity index (χ2v) is 5.60. The molecule has 1 saturated heterocycles. The van der Waals surface area contributed by atoms with Gasteiger partial charge in [-0.3, -0.25) is 0 Å². The molecule has 1 aliphatic rings. The molecule has 1 aliphatic heterocycles. The van der Waals surface area contributed by atoms with Crippen LogP contribution in [0.4, 0.5) is 5.82 Å². The molecule has 122 valence electrons. The van der Waals surface area contributed by atoms with Crippen LogP contribution in [0.5, 0.6) is 5.75 Å². The Kier molecular flexibility index (Phi) is 4.57. The van der Waals surface area contributed by atoms with Crippen molar-refractivity contribution in [3.05, 3.63) is 52.0 Å². The van der Waals surface area contributed by atoms with Gasteiger partial charge in [-0.2, -0.15) is 0 Å². The number of benzene rings is 1. The molecule has 1 aromatic heterocycles. The van der Waals surface area contributed by atoms with Gasteiger partial charge < -0.3 is 19.6 Å². The van der Waals surface area contributed by atoms with Crippen molar-refractivity contribution in [2.24, 2.45) is 0 Å². The minimum Gasteiger partial charge on any atom is -0.491 e. The summed E-state index contributed by atoms with van der Waals surface area (Å²) in [7, 11) is 0. The molecule has 23 heavy (non-hydrogen) atoms. The third kappa shape index (κ3) is 3.68. The van der Waals surface area contributed by atoms with E-state index in [4.69, 9.17) is 9.47 Å². The molecule has 7 nitrogen and oxygen atoms in total. The molecule has 7 heteroatoms. The van der Waals surface area contributed by atoms with Crippen molar-refractivity contribution in [1.29, 1.82) is 0 Å². The second-order valence-electron chi connectivity index (χ2n) is 5.60. The van der Waals surface area contributed by atoms with Crippen LogP contribution in [0.2, 0.25) is 0 Å². The Morgan fingerprint density at radius 3 is 2.87 bits per heavy atom. The van der Waals surface area contributed by atoms with Gasteiger partial charge in [-0.15, -0.1) is 0 Å². The molecule has 0 N–H and O–H groups in total. The zero-order valence-corrected chi connectivity index (χ0v) is 13.0. The zero-order chi connectivity index (χ0) is 16.2. The second kappa shape index (κ2) is 6.78. The SMILES string of the molecule is Cc1ncc([N+](=O)[O-])n1Cc1ccc(OC[C@H]2CCCO2)cc1. The van der Waals surface area contributed by atoms with Crippen LogP contribution in [0.3, 0.4) is 0 Å². The number of aryl methyl sites for hydroxylation is 1. The fourth-order valence-corrected chi connectivity index (χ4v) is 2.64. The molecule has 0 radical (unpaired) electrons. The molecule has 0 spiro atoms. The van der Waals surface area contributed by atoms with E-state index in [-0.39, 0.29) is 11.9 Å². The summed E-state index contributed by atoms with van der Waals surface area (Å²) in [4.78, 5) is 14.6. The van der Waals surface area contributed by atoms with Crippen molar-refractivity contribution < 1.29 is 14.4 Å². The first-order chi connectivity index (χ1) is 11.1. The lowest BCUT2D eigenvalue weighted by Gasteiger charge is -2.11. The maximum Gasteiger partial charge on any atom is 0.343 e. The Morgan fingerprint density at radius 2 is 2.22 bits per heavy atom. The van der Waals surface area contributed by atoms with Gasteiger partial charge >= 0.3 is 5.82 Å². The molecule has 0 bridgehead atoms. The fourth-order valence-electron chi connectivity index (χ4n) is 2.64. The fraction of sp³-hybridized carbons (Fsp3) is 0.438. The van der Waals surface area contributed by atoms with Gasteiger partial charge in [0.05, 0.1) is 6.10 Å². The van der Waals surface area contributed by atoms with Crippen LogP contribution < -0.4 is 4.74 Å². The number of rotatable bonds is 6. The van der Waals surface area contributed by atoms with Crippen LogP contribution in [0.15, 0.2) is 30.5 Å². The Bertz CT molecular complexity index is 675. The van der Waals surface area contributed by atoms with Crippen LogP contribution >= 0.6 is 0 Å². The Labute approximate surface area is 134 Å². The third-order valence-corrected chi connectivity index (χ3v) is 3.95. The minimum atomic E-state index is -0.418. The summed E-state index contributed by atoms with van der Waals surface area (Å²) < 4.78 is 12.8. The maximum absolute atomic E-state index is 11.0. The Morgan fingerprint density at radius 1 is 1.43 bits per heavy atom. The summed E-state index contributed by atoms with van der Waals surface area (Å²) in [5.74, 6) is 1.40. The van der Waals surface area contributed by atoms with Crippen LogP contribution in [0, 0.1) is 17.0 Å². The molecule has 1 fully saturated rings. The number of imidazole rings is 1. The lowest BCUT2D eigenvalue weighted by atomic mass is 10.2. The molecule has 0 unspecified atom stereocenters. The summed E-state index contributed by atoms with van der Waals surface area (Å²) in [6.45, 7) is 3.54. The predicted octanol–water partition coefficient (Wildman–Crippen LogP) is 2.71. The quantitative estimate of drug-likeness (QED) is 0.604. The first-order valence-corrected chi connectivity index (χ1v) is 7.63. The Balaban J connectivity index is 1.63. The van der Waals surface area contributed by atoms with E-state index < -0.39 is 4.92 Å². The normalized spacial score (nSPS) is 17.3.